The minimum atomic E-state index is -1.16. The number of alkyl halides is 1. The second kappa shape index (κ2) is 9.72. The third kappa shape index (κ3) is 3.88. The van der Waals surface area contributed by atoms with Gasteiger partial charge < -0.3 is 24.8 Å². The van der Waals surface area contributed by atoms with Crippen molar-refractivity contribution in [1.82, 2.24) is 10.2 Å². The number of amides is 2. The molecule has 0 aromatic heterocycles. The van der Waals surface area contributed by atoms with Crippen molar-refractivity contribution in [3.63, 3.8) is 0 Å². The van der Waals surface area contributed by atoms with Gasteiger partial charge in [-0.15, -0.1) is 0 Å². The maximum atomic E-state index is 13.9. The maximum absolute atomic E-state index is 13.9. The topological polar surface area (TPSA) is 105 Å². The SMILES string of the molecule is CCCCNC(=O)C1N([C@H](CO)c2ccccc2)C(=O)[C@@H]2[C@@H](C(=O)OCC)[C@@H]3OC12CC3Br. The fourth-order valence-electron chi connectivity index (χ4n) is 5.73. The Morgan fingerprint density at radius 3 is 2.70 bits per heavy atom. The number of esters is 1. The van der Waals surface area contributed by atoms with Crippen LogP contribution in [0.2, 0.25) is 0 Å². The van der Waals surface area contributed by atoms with Gasteiger partial charge in [-0.25, -0.2) is 0 Å². The minimum Gasteiger partial charge on any atom is -0.466 e. The van der Waals surface area contributed by atoms with Crippen LogP contribution in [0.5, 0.6) is 0 Å². The highest BCUT2D eigenvalue weighted by molar-refractivity contribution is 9.09. The fraction of sp³-hybridized carbons (Fsp3) is 0.625. The number of benzene rings is 1. The van der Waals surface area contributed by atoms with Crippen LogP contribution in [-0.4, -0.2) is 70.1 Å². The Labute approximate surface area is 202 Å². The van der Waals surface area contributed by atoms with Gasteiger partial charge in [-0.2, -0.15) is 0 Å². The summed E-state index contributed by atoms with van der Waals surface area (Å²) in [7, 11) is 0. The van der Waals surface area contributed by atoms with E-state index in [1.54, 1.807) is 6.92 Å². The first-order valence-electron chi connectivity index (χ1n) is 11.6. The molecule has 3 aliphatic rings. The normalized spacial score (nSPS) is 33.2. The highest BCUT2D eigenvalue weighted by Crippen LogP contribution is 2.61. The molecule has 180 valence electrons. The van der Waals surface area contributed by atoms with Crippen molar-refractivity contribution >= 4 is 33.7 Å². The van der Waals surface area contributed by atoms with E-state index in [1.165, 1.54) is 4.90 Å². The molecule has 3 heterocycles. The van der Waals surface area contributed by atoms with Gasteiger partial charge in [0.05, 0.1) is 37.2 Å². The summed E-state index contributed by atoms with van der Waals surface area (Å²) >= 11 is 3.62. The lowest BCUT2D eigenvalue weighted by atomic mass is 9.70. The third-order valence-corrected chi connectivity index (χ3v) is 7.90. The molecule has 9 heteroatoms. The summed E-state index contributed by atoms with van der Waals surface area (Å²) in [5.74, 6) is -2.80. The van der Waals surface area contributed by atoms with Crippen LogP contribution in [0.25, 0.3) is 0 Å². The molecule has 1 aromatic rings. The number of hydrogen-bond donors (Lipinski definition) is 2. The number of aliphatic hydroxyl groups excluding tert-OH is 1. The number of rotatable bonds is 9. The van der Waals surface area contributed by atoms with Crippen LogP contribution in [0.15, 0.2) is 30.3 Å². The number of ether oxygens (including phenoxy) is 2. The lowest BCUT2D eigenvalue weighted by Crippen LogP contribution is -2.56. The molecular weight excluding hydrogens is 492 g/mol. The molecule has 0 radical (unpaired) electrons. The van der Waals surface area contributed by atoms with Crippen LogP contribution in [0.3, 0.4) is 0 Å². The molecule has 3 saturated heterocycles. The molecule has 1 aromatic carbocycles. The Morgan fingerprint density at radius 1 is 1.33 bits per heavy atom. The number of carbonyl (C=O) groups is 3. The average molecular weight is 523 g/mol. The Morgan fingerprint density at radius 2 is 2.06 bits per heavy atom. The molecule has 3 aliphatic heterocycles. The van der Waals surface area contributed by atoms with Crippen LogP contribution in [0.1, 0.15) is 44.7 Å². The number of aliphatic hydroxyl groups is 1. The van der Waals surface area contributed by atoms with E-state index in [1.807, 2.05) is 37.3 Å². The van der Waals surface area contributed by atoms with E-state index in [4.69, 9.17) is 9.47 Å². The molecule has 3 unspecified atom stereocenters. The van der Waals surface area contributed by atoms with Gasteiger partial charge in [0.2, 0.25) is 11.8 Å². The van der Waals surface area contributed by atoms with Gasteiger partial charge >= 0.3 is 5.97 Å². The molecule has 2 amide bonds. The summed E-state index contributed by atoms with van der Waals surface area (Å²) in [6, 6.07) is 7.44. The van der Waals surface area contributed by atoms with E-state index in [-0.39, 0.29) is 29.9 Å². The smallest absolute Gasteiger partial charge is 0.312 e. The van der Waals surface area contributed by atoms with Gasteiger partial charge in [-0.3, -0.25) is 14.4 Å². The predicted octanol–water partition coefficient (Wildman–Crippen LogP) is 1.95. The van der Waals surface area contributed by atoms with Gasteiger partial charge in [-0.05, 0) is 25.3 Å². The Balaban J connectivity index is 1.78. The molecule has 0 aliphatic carbocycles. The summed E-state index contributed by atoms with van der Waals surface area (Å²) in [5, 5.41) is 13.3. The Bertz CT molecular complexity index is 898. The first kappa shape index (κ1) is 24.2. The molecule has 4 rings (SSSR count). The minimum absolute atomic E-state index is 0.189. The van der Waals surface area contributed by atoms with Crippen molar-refractivity contribution in [2.45, 2.75) is 61.7 Å². The summed E-state index contributed by atoms with van der Waals surface area (Å²) in [6.45, 7) is 4.06. The number of nitrogens with zero attached hydrogens (tertiary/aromatic N) is 1. The van der Waals surface area contributed by atoms with Gasteiger partial charge in [0.25, 0.3) is 0 Å². The third-order valence-electron chi connectivity index (χ3n) is 7.06. The predicted molar refractivity (Wildman–Crippen MR) is 123 cm³/mol. The van der Waals surface area contributed by atoms with Crippen LogP contribution < -0.4 is 5.32 Å². The Kier molecular flexibility index (Phi) is 7.12. The quantitative estimate of drug-likeness (QED) is 0.291. The molecule has 7 atom stereocenters. The number of nitrogens with one attached hydrogen (secondary N) is 1. The average Bonchev–Trinajstić information content (AvgIpc) is 3.39. The molecule has 8 nitrogen and oxygen atoms in total. The fourth-order valence-corrected chi connectivity index (χ4v) is 6.67. The lowest BCUT2D eigenvalue weighted by Gasteiger charge is -2.37. The molecule has 2 N–H and O–H groups in total. The van der Waals surface area contributed by atoms with Gasteiger partial charge in [-0.1, -0.05) is 59.6 Å². The Hall–Kier alpha value is -1.97. The first-order valence-corrected chi connectivity index (χ1v) is 12.6. The van der Waals surface area contributed by atoms with E-state index < -0.39 is 41.6 Å². The largest absolute Gasteiger partial charge is 0.466 e. The maximum Gasteiger partial charge on any atom is 0.312 e. The number of hydrogen-bond acceptors (Lipinski definition) is 6. The van der Waals surface area contributed by atoms with Crippen LogP contribution in [0, 0.1) is 11.8 Å². The molecule has 33 heavy (non-hydrogen) atoms. The number of carbonyl (C=O) groups excluding carboxylic acids is 3. The van der Waals surface area contributed by atoms with E-state index >= 15 is 0 Å². The van der Waals surface area contributed by atoms with Crippen molar-refractivity contribution in [2.24, 2.45) is 11.8 Å². The zero-order valence-corrected chi connectivity index (χ0v) is 20.5. The zero-order chi connectivity index (χ0) is 23.8. The summed E-state index contributed by atoms with van der Waals surface area (Å²) in [5.41, 5.74) is -0.444. The van der Waals surface area contributed by atoms with E-state index in [0.29, 0.717) is 18.5 Å². The van der Waals surface area contributed by atoms with Gasteiger partial charge in [0.15, 0.2) is 0 Å². The van der Waals surface area contributed by atoms with Crippen molar-refractivity contribution in [3.8, 4) is 0 Å². The second-order valence-electron chi connectivity index (χ2n) is 8.91. The monoisotopic (exact) mass is 522 g/mol. The molecule has 1 spiro atoms. The standard InChI is InChI=1S/C24H31BrN2O6/c1-3-5-11-26-21(29)20-24-12-15(25)19(33-24)17(23(31)32-4-2)18(24)22(30)27(20)16(13-28)14-9-7-6-8-10-14/h6-10,15-20,28H,3-5,11-13H2,1-2H3,(H,26,29)/t15?,16-,17-,18+,19-,20?,24?/m1/s1. The molecule has 0 saturated carbocycles. The summed E-state index contributed by atoms with van der Waals surface area (Å²) < 4.78 is 11.7. The number of fused-ring (bicyclic) bond motifs is 1. The van der Waals surface area contributed by atoms with E-state index in [0.717, 1.165) is 12.8 Å². The first-order chi connectivity index (χ1) is 15.9. The van der Waals surface area contributed by atoms with Crippen molar-refractivity contribution in [3.05, 3.63) is 35.9 Å². The number of halogens is 1. The van der Waals surface area contributed by atoms with Crippen molar-refractivity contribution in [2.75, 3.05) is 19.8 Å². The van der Waals surface area contributed by atoms with E-state index in [2.05, 4.69) is 21.2 Å². The van der Waals surface area contributed by atoms with Gasteiger partial charge in [0, 0.05) is 11.4 Å². The van der Waals surface area contributed by atoms with Crippen molar-refractivity contribution < 1.29 is 29.0 Å². The van der Waals surface area contributed by atoms with E-state index in [9.17, 15) is 19.5 Å². The second-order valence-corrected chi connectivity index (χ2v) is 10.1. The zero-order valence-electron chi connectivity index (χ0n) is 18.9. The highest BCUT2D eigenvalue weighted by Gasteiger charge is 2.77. The summed E-state index contributed by atoms with van der Waals surface area (Å²) in [4.78, 5) is 41.7. The summed E-state index contributed by atoms with van der Waals surface area (Å²) in [6.07, 6.45) is 1.59. The van der Waals surface area contributed by atoms with Crippen molar-refractivity contribution in [1.29, 1.82) is 0 Å². The lowest BCUT2D eigenvalue weighted by molar-refractivity contribution is -0.155. The van der Waals surface area contributed by atoms with Crippen LogP contribution >= 0.6 is 15.9 Å². The van der Waals surface area contributed by atoms with Gasteiger partial charge in [0.1, 0.15) is 11.6 Å². The molecule has 3 fully saturated rings. The highest BCUT2D eigenvalue weighted by atomic mass is 79.9. The number of unbranched alkanes of at least 4 members (excludes halogenated alkanes) is 1. The molecule has 2 bridgehead atoms. The van der Waals surface area contributed by atoms with Crippen LogP contribution in [0.4, 0.5) is 0 Å². The van der Waals surface area contributed by atoms with Crippen LogP contribution in [-0.2, 0) is 23.9 Å². The molecular formula is C24H31BrN2O6. The number of likely N-dealkylation sites (tertiary alicyclic amines) is 1.